The van der Waals surface area contributed by atoms with Crippen LogP contribution in [0.15, 0.2) is 24.5 Å². The maximum atomic E-state index is 5.43. The number of hydrogen-bond donors (Lipinski definition) is 1. The van der Waals surface area contributed by atoms with E-state index in [1.165, 1.54) is 0 Å². The molecule has 7 nitrogen and oxygen atoms in total. The zero-order chi connectivity index (χ0) is 17.4. The number of anilines is 2. The van der Waals surface area contributed by atoms with Gasteiger partial charge in [-0.2, -0.15) is 0 Å². The van der Waals surface area contributed by atoms with Crippen LogP contribution < -0.4 is 5.32 Å². The van der Waals surface area contributed by atoms with Crippen molar-refractivity contribution >= 4 is 22.7 Å². The Kier molecular flexibility index (Phi) is 4.09. The van der Waals surface area contributed by atoms with Crippen LogP contribution in [0.4, 0.5) is 11.6 Å². The number of aryl methyl sites for hydroxylation is 1. The minimum Gasteiger partial charge on any atom is -0.381 e. The summed E-state index contributed by atoms with van der Waals surface area (Å²) in [7, 11) is 0. The van der Waals surface area contributed by atoms with Gasteiger partial charge in [-0.05, 0) is 33.3 Å². The van der Waals surface area contributed by atoms with Crippen LogP contribution >= 0.6 is 0 Å². The van der Waals surface area contributed by atoms with E-state index in [0.717, 1.165) is 47.3 Å². The topological polar surface area (TPSA) is 77.8 Å². The summed E-state index contributed by atoms with van der Waals surface area (Å²) in [5.41, 5.74) is 1.98. The maximum absolute atomic E-state index is 5.43. The van der Waals surface area contributed by atoms with Crippen LogP contribution in [0, 0.1) is 6.92 Å². The lowest BCUT2D eigenvalue weighted by Crippen LogP contribution is -2.06. The molecule has 1 N–H and O–H groups in total. The average molecular weight is 338 g/mol. The van der Waals surface area contributed by atoms with E-state index in [1.54, 1.807) is 12.4 Å². The van der Waals surface area contributed by atoms with Gasteiger partial charge in [-0.15, -0.1) is 0 Å². The third-order valence-corrected chi connectivity index (χ3v) is 4.49. The van der Waals surface area contributed by atoms with Gasteiger partial charge < -0.3 is 14.6 Å². The first-order valence-corrected chi connectivity index (χ1v) is 8.64. The van der Waals surface area contributed by atoms with Gasteiger partial charge in [0.1, 0.15) is 28.8 Å². The quantitative estimate of drug-likeness (QED) is 0.786. The van der Waals surface area contributed by atoms with Gasteiger partial charge >= 0.3 is 0 Å². The van der Waals surface area contributed by atoms with Crippen LogP contribution in [-0.2, 0) is 4.74 Å². The predicted molar refractivity (Wildman–Crippen MR) is 96.1 cm³/mol. The molecule has 130 valence electrons. The number of ether oxygens (including phenoxy) is 1. The van der Waals surface area contributed by atoms with E-state index in [0.29, 0.717) is 12.6 Å². The summed E-state index contributed by atoms with van der Waals surface area (Å²) in [4.78, 5) is 18.1. The third-order valence-electron chi connectivity index (χ3n) is 4.49. The zero-order valence-corrected chi connectivity index (χ0v) is 14.7. The van der Waals surface area contributed by atoms with E-state index < -0.39 is 0 Å². The van der Waals surface area contributed by atoms with Crippen LogP contribution in [0.5, 0.6) is 0 Å². The largest absolute Gasteiger partial charge is 0.381 e. The van der Waals surface area contributed by atoms with Crippen molar-refractivity contribution in [2.75, 3.05) is 18.5 Å². The summed E-state index contributed by atoms with van der Waals surface area (Å²) < 4.78 is 7.65. The van der Waals surface area contributed by atoms with Crippen molar-refractivity contribution in [2.45, 2.75) is 39.2 Å². The summed E-state index contributed by atoms with van der Waals surface area (Å²) >= 11 is 0. The standard InChI is InChI=1S/C18H22N6O/c1-11(2)24-12(3)21-14-9-20-17(8-15(14)24)22-16-4-6-19-18(23-16)13-5-7-25-10-13/h4,6,8-9,11,13H,5,7,10H2,1-3H3,(H,19,20,22,23). The summed E-state index contributed by atoms with van der Waals surface area (Å²) in [6, 6.07) is 4.22. The van der Waals surface area contributed by atoms with Gasteiger partial charge in [0, 0.05) is 30.8 Å². The summed E-state index contributed by atoms with van der Waals surface area (Å²) in [6.45, 7) is 7.81. The van der Waals surface area contributed by atoms with Crippen molar-refractivity contribution in [2.24, 2.45) is 0 Å². The minimum absolute atomic E-state index is 0.280. The van der Waals surface area contributed by atoms with E-state index in [2.05, 4.69) is 43.7 Å². The molecule has 3 aromatic rings. The van der Waals surface area contributed by atoms with Crippen molar-refractivity contribution in [3.05, 3.63) is 36.2 Å². The van der Waals surface area contributed by atoms with Crippen LogP contribution in [-0.4, -0.2) is 37.7 Å². The zero-order valence-electron chi connectivity index (χ0n) is 14.7. The fourth-order valence-electron chi connectivity index (χ4n) is 3.35. The molecule has 1 unspecified atom stereocenters. The fourth-order valence-corrected chi connectivity index (χ4v) is 3.35. The molecule has 0 aliphatic carbocycles. The van der Waals surface area contributed by atoms with Crippen LogP contribution in [0.1, 0.15) is 43.9 Å². The molecule has 1 saturated heterocycles. The molecule has 25 heavy (non-hydrogen) atoms. The van der Waals surface area contributed by atoms with Crippen molar-refractivity contribution in [1.29, 1.82) is 0 Å². The SMILES string of the molecule is Cc1nc2cnc(Nc3ccnc(C4CCOC4)n3)cc2n1C(C)C. The van der Waals surface area contributed by atoms with E-state index >= 15 is 0 Å². The lowest BCUT2D eigenvalue weighted by atomic mass is 10.1. The Morgan fingerprint density at radius 3 is 2.88 bits per heavy atom. The normalized spacial score (nSPS) is 17.5. The van der Waals surface area contributed by atoms with E-state index in [-0.39, 0.29) is 5.92 Å². The van der Waals surface area contributed by atoms with E-state index in [1.807, 2.05) is 19.1 Å². The van der Waals surface area contributed by atoms with Crippen molar-refractivity contribution < 1.29 is 4.74 Å². The van der Waals surface area contributed by atoms with Gasteiger partial charge in [0.15, 0.2) is 0 Å². The molecule has 0 bridgehead atoms. The minimum atomic E-state index is 0.280. The molecule has 0 spiro atoms. The molecular weight excluding hydrogens is 316 g/mol. The monoisotopic (exact) mass is 338 g/mol. The van der Waals surface area contributed by atoms with Gasteiger partial charge in [0.25, 0.3) is 0 Å². The van der Waals surface area contributed by atoms with Gasteiger partial charge in [-0.1, -0.05) is 0 Å². The highest BCUT2D eigenvalue weighted by molar-refractivity contribution is 5.79. The molecule has 0 aromatic carbocycles. The number of nitrogens with zero attached hydrogens (tertiary/aromatic N) is 5. The summed E-state index contributed by atoms with van der Waals surface area (Å²) in [5.74, 6) is 3.60. The number of aromatic nitrogens is 5. The number of fused-ring (bicyclic) bond motifs is 1. The van der Waals surface area contributed by atoms with Crippen LogP contribution in [0.25, 0.3) is 11.0 Å². The first-order valence-electron chi connectivity index (χ1n) is 8.64. The molecule has 3 aromatic heterocycles. The lowest BCUT2D eigenvalue weighted by molar-refractivity contribution is 0.193. The molecule has 4 rings (SSSR count). The number of hydrogen-bond acceptors (Lipinski definition) is 6. The van der Waals surface area contributed by atoms with Gasteiger partial charge in [0.05, 0.1) is 18.3 Å². The summed E-state index contributed by atoms with van der Waals surface area (Å²) in [5, 5.41) is 3.29. The average Bonchev–Trinajstić information content (AvgIpc) is 3.21. The Hall–Kier alpha value is -2.54. The highest BCUT2D eigenvalue weighted by Crippen LogP contribution is 2.25. The lowest BCUT2D eigenvalue weighted by Gasteiger charge is -2.12. The number of pyridine rings is 1. The van der Waals surface area contributed by atoms with Crippen molar-refractivity contribution in [1.82, 2.24) is 24.5 Å². The Morgan fingerprint density at radius 2 is 2.12 bits per heavy atom. The Bertz CT molecular complexity index is 898. The molecule has 0 radical (unpaired) electrons. The van der Waals surface area contributed by atoms with Gasteiger partial charge in [0.2, 0.25) is 0 Å². The number of rotatable bonds is 4. The molecule has 1 aliphatic heterocycles. The predicted octanol–water partition coefficient (Wildman–Crippen LogP) is 3.36. The van der Waals surface area contributed by atoms with Gasteiger partial charge in [-0.3, -0.25) is 0 Å². The van der Waals surface area contributed by atoms with E-state index in [4.69, 9.17) is 4.74 Å². The molecule has 1 atom stereocenters. The second kappa shape index (κ2) is 6.40. The van der Waals surface area contributed by atoms with Crippen LogP contribution in [0.3, 0.4) is 0 Å². The molecule has 1 aliphatic rings. The van der Waals surface area contributed by atoms with Gasteiger partial charge in [-0.25, -0.2) is 19.9 Å². The highest BCUT2D eigenvalue weighted by atomic mass is 16.5. The Labute approximate surface area is 146 Å². The first-order chi connectivity index (χ1) is 12.1. The molecule has 4 heterocycles. The molecule has 0 amide bonds. The Morgan fingerprint density at radius 1 is 1.24 bits per heavy atom. The second-order valence-electron chi connectivity index (χ2n) is 6.67. The first kappa shape index (κ1) is 16.0. The Balaban J connectivity index is 1.64. The molecule has 7 heteroatoms. The van der Waals surface area contributed by atoms with Crippen molar-refractivity contribution in [3.8, 4) is 0 Å². The number of nitrogens with one attached hydrogen (secondary N) is 1. The fraction of sp³-hybridized carbons (Fsp3) is 0.444. The smallest absolute Gasteiger partial charge is 0.136 e. The summed E-state index contributed by atoms with van der Waals surface area (Å²) in [6.07, 6.45) is 4.56. The van der Waals surface area contributed by atoms with Crippen molar-refractivity contribution in [3.63, 3.8) is 0 Å². The maximum Gasteiger partial charge on any atom is 0.136 e. The molecular formula is C18H22N6O. The van der Waals surface area contributed by atoms with Crippen LogP contribution in [0.2, 0.25) is 0 Å². The molecule has 0 saturated carbocycles. The number of imidazole rings is 1. The third kappa shape index (κ3) is 3.07. The van der Waals surface area contributed by atoms with E-state index in [9.17, 15) is 0 Å². The molecule has 1 fully saturated rings. The second-order valence-corrected chi connectivity index (χ2v) is 6.67. The highest BCUT2D eigenvalue weighted by Gasteiger charge is 2.20.